The summed E-state index contributed by atoms with van der Waals surface area (Å²) in [7, 11) is 0. The van der Waals surface area contributed by atoms with Crippen molar-refractivity contribution < 1.29 is 18.7 Å². The maximum atomic E-state index is 15.1. The van der Waals surface area contributed by atoms with Crippen molar-refractivity contribution in [1.29, 1.82) is 0 Å². The van der Waals surface area contributed by atoms with Crippen molar-refractivity contribution in [2.45, 2.75) is 39.4 Å². The van der Waals surface area contributed by atoms with Gasteiger partial charge in [0.05, 0.1) is 0 Å². The summed E-state index contributed by atoms with van der Waals surface area (Å²) in [5.74, 6) is -0.224. The van der Waals surface area contributed by atoms with Crippen LogP contribution in [-0.2, 0) is 11.3 Å². The second kappa shape index (κ2) is 9.16. The molecule has 1 aliphatic heterocycles. The van der Waals surface area contributed by atoms with Gasteiger partial charge in [0, 0.05) is 18.7 Å². The fraction of sp³-hybridized carbons (Fsp3) is 0.320. The lowest BCUT2D eigenvalue weighted by Gasteiger charge is -2.30. The van der Waals surface area contributed by atoms with Crippen molar-refractivity contribution in [3.8, 4) is 5.75 Å². The van der Waals surface area contributed by atoms with Gasteiger partial charge in [-0.05, 0) is 50.0 Å². The molecular weight excluding hydrogens is 381 g/mol. The molecule has 1 amide bonds. The third kappa shape index (κ3) is 5.29. The van der Waals surface area contributed by atoms with E-state index in [2.05, 4.69) is 6.58 Å². The summed E-state index contributed by atoms with van der Waals surface area (Å²) in [5.41, 5.74) is 2.61. The number of hydrogen-bond donors (Lipinski definition) is 0. The highest BCUT2D eigenvalue weighted by Crippen LogP contribution is 2.32. The van der Waals surface area contributed by atoms with Crippen molar-refractivity contribution in [2.75, 3.05) is 13.1 Å². The van der Waals surface area contributed by atoms with Gasteiger partial charge in [-0.25, -0.2) is 9.18 Å². The minimum absolute atomic E-state index is 0.198. The molecule has 2 aromatic rings. The third-order valence-corrected chi connectivity index (χ3v) is 4.79. The molecule has 30 heavy (non-hydrogen) atoms. The molecule has 4 nitrogen and oxygen atoms in total. The van der Waals surface area contributed by atoms with Crippen LogP contribution in [-0.4, -0.2) is 29.7 Å². The van der Waals surface area contributed by atoms with Crippen molar-refractivity contribution in [1.82, 2.24) is 4.90 Å². The Hall–Kier alpha value is -3.08. The summed E-state index contributed by atoms with van der Waals surface area (Å²) in [5, 5.41) is 0. The van der Waals surface area contributed by atoms with E-state index in [1.165, 1.54) is 6.08 Å². The minimum atomic E-state index is -0.532. The second-order valence-corrected chi connectivity index (χ2v) is 8.22. The van der Waals surface area contributed by atoms with Gasteiger partial charge in [-0.2, -0.15) is 0 Å². The molecule has 0 atom stereocenters. The number of carbonyl (C=O) groups is 1. The lowest BCUT2D eigenvalue weighted by Crippen LogP contribution is -2.39. The van der Waals surface area contributed by atoms with Crippen LogP contribution in [0, 0.1) is 5.82 Å². The Morgan fingerprint density at radius 3 is 2.53 bits per heavy atom. The standard InChI is InChI=1S/C25H28FNO3/c1-5-20-21(19-13-15-27(16-14-19)24(28)30-25(2,3)4)11-12-22(23(20)26)29-17-18-9-7-6-8-10-18/h5-13H,1,14-17H2,2-4H3. The van der Waals surface area contributed by atoms with E-state index in [1.807, 2.05) is 63.2 Å². The van der Waals surface area contributed by atoms with Crippen LogP contribution in [0.25, 0.3) is 11.6 Å². The summed E-state index contributed by atoms with van der Waals surface area (Å²) in [6, 6.07) is 13.1. The Bertz CT molecular complexity index is 945. The van der Waals surface area contributed by atoms with Gasteiger partial charge >= 0.3 is 6.09 Å². The summed E-state index contributed by atoms with van der Waals surface area (Å²) in [6.45, 7) is 10.6. The first kappa shape index (κ1) is 21.6. The Labute approximate surface area is 177 Å². The lowest BCUT2D eigenvalue weighted by molar-refractivity contribution is 0.0270. The monoisotopic (exact) mass is 409 g/mol. The summed E-state index contributed by atoms with van der Waals surface area (Å²) < 4.78 is 26.2. The molecule has 0 aliphatic carbocycles. The highest BCUT2D eigenvalue weighted by atomic mass is 19.1. The van der Waals surface area contributed by atoms with Gasteiger partial charge in [-0.1, -0.05) is 55.1 Å². The molecule has 2 aromatic carbocycles. The molecule has 1 heterocycles. The van der Waals surface area contributed by atoms with E-state index in [4.69, 9.17) is 9.47 Å². The average molecular weight is 410 g/mol. The fourth-order valence-corrected chi connectivity index (χ4v) is 3.31. The molecule has 158 valence electrons. The first-order valence-corrected chi connectivity index (χ1v) is 10.1. The van der Waals surface area contributed by atoms with Crippen molar-refractivity contribution >= 4 is 17.7 Å². The number of halogens is 1. The van der Waals surface area contributed by atoms with Crippen molar-refractivity contribution in [3.05, 3.63) is 77.6 Å². The topological polar surface area (TPSA) is 38.8 Å². The second-order valence-electron chi connectivity index (χ2n) is 8.22. The van der Waals surface area contributed by atoms with Crippen molar-refractivity contribution in [3.63, 3.8) is 0 Å². The van der Waals surface area contributed by atoms with Crippen molar-refractivity contribution in [2.24, 2.45) is 0 Å². The Morgan fingerprint density at radius 2 is 1.93 bits per heavy atom. The predicted molar refractivity (Wildman–Crippen MR) is 118 cm³/mol. The number of carbonyl (C=O) groups excluding carboxylic acids is 1. The number of ether oxygens (including phenoxy) is 2. The summed E-state index contributed by atoms with van der Waals surface area (Å²) in [6.07, 6.45) is 3.74. The van der Waals surface area contributed by atoms with Crippen LogP contribution in [0.3, 0.4) is 0 Å². The number of amides is 1. The molecule has 0 spiro atoms. The predicted octanol–water partition coefficient (Wildman–Crippen LogP) is 6.07. The first-order chi connectivity index (χ1) is 14.3. The molecule has 0 aromatic heterocycles. The van der Waals surface area contributed by atoms with Crippen LogP contribution < -0.4 is 4.74 Å². The Balaban J connectivity index is 1.74. The van der Waals surface area contributed by atoms with Gasteiger partial charge in [0.15, 0.2) is 11.6 Å². The zero-order valence-electron chi connectivity index (χ0n) is 17.8. The molecule has 0 saturated heterocycles. The number of hydrogen-bond acceptors (Lipinski definition) is 3. The quantitative estimate of drug-likeness (QED) is 0.601. The Morgan fingerprint density at radius 1 is 1.20 bits per heavy atom. The van der Waals surface area contributed by atoms with Crippen LogP contribution in [0.1, 0.15) is 43.9 Å². The van der Waals surface area contributed by atoms with Gasteiger partial charge in [-0.15, -0.1) is 0 Å². The molecule has 0 unspecified atom stereocenters. The molecule has 0 radical (unpaired) electrons. The third-order valence-electron chi connectivity index (χ3n) is 4.79. The molecular formula is C25H28FNO3. The van der Waals surface area contributed by atoms with Crippen LogP contribution in [0.15, 0.2) is 55.1 Å². The highest BCUT2D eigenvalue weighted by molar-refractivity contribution is 5.77. The molecule has 0 saturated carbocycles. The van der Waals surface area contributed by atoms with Crippen LogP contribution in [0.5, 0.6) is 5.75 Å². The highest BCUT2D eigenvalue weighted by Gasteiger charge is 2.25. The molecule has 3 rings (SSSR count). The normalized spacial score (nSPS) is 14.1. The van der Waals surface area contributed by atoms with Gasteiger partial charge in [0.25, 0.3) is 0 Å². The van der Waals surface area contributed by atoms with Gasteiger partial charge in [-0.3, -0.25) is 0 Å². The minimum Gasteiger partial charge on any atom is -0.486 e. The molecule has 1 aliphatic rings. The van der Waals surface area contributed by atoms with Gasteiger partial charge in [0.2, 0.25) is 0 Å². The first-order valence-electron chi connectivity index (χ1n) is 10.1. The van der Waals surface area contributed by atoms with Crippen LogP contribution in [0.2, 0.25) is 0 Å². The van der Waals surface area contributed by atoms with E-state index >= 15 is 4.39 Å². The maximum absolute atomic E-state index is 15.1. The Kier molecular flexibility index (Phi) is 6.60. The number of rotatable bonds is 5. The average Bonchev–Trinajstić information content (AvgIpc) is 2.72. The van der Waals surface area contributed by atoms with E-state index < -0.39 is 11.4 Å². The number of nitrogens with zero attached hydrogens (tertiary/aromatic N) is 1. The number of benzene rings is 2. The summed E-state index contributed by atoms with van der Waals surface area (Å²) >= 11 is 0. The smallest absolute Gasteiger partial charge is 0.410 e. The zero-order valence-corrected chi connectivity index (χ0v) is 17.8. The lowest BCUT2D eigenvalue weighted by atomic mass is 9.94. The van der Waals surface area contributed by atoms with Gasteiger partial charge in [0.1, 0.15) is 12.2 Å². The molecule has 0 N–H and O–H groups in total. The largest absolute Gasteiger partial charge is 0.486 e. The van der Waals surface area contributed by atoms with E-state index in [0.29, 0.717) is 31.7 Å². The SMILES string of the molecule is C=Cc1c(C2=CCN(C(=O)OC(C)(C)C)CC2)ccc(OCc2ccccc2)c1F. The zero-order chi connectivity index (χ0) is 21.7. The molecule has 0 bridgehead atoms. The van der Waals surface area contributed by atoms with E-state index in [-0.39, 0.29) is 11.8 Å². The van der Waals surface area contributed by atoms with E-state index in [9.17, 15) is 4.79 Å². The summed E-state index contributed by atoms with van der Waals surface area (Å²) in [4.78, 5) is 13.9. The van der Waals surface area contributed by atoms with E-state index in [1.54, 1.807) is 11.0 Å². The van der Waals surface area contributed by atoms with Crippen LogP contribution in [0.4, 0.5) is 9.18 Å². The molecule has 5 heteroatoms. The van der Waals surface area contributed by atoms with Gasteiger partial charge < -0.3 is 14.4 Å². The fourth-order valence-electron chi connectivity index (χ4n) is 3.31. The van der Waals surface area contributed by atoms with Crippen LogP contribution >= 0.6 is 0 Å². The van der Waals surface area contributed by atoms with E-state index in [0.717, 1.165) is 16.7 Å². The maximum Gasteiger partial charge on any atom is 0.410 e. The molecule has 0 fully saturated rings.